The molecule has 0 aliphatic heterocycles. The molecule has 1 atom stereocenters. The minimum Gasteiger partial charge on any atom is -0.479 e. The Morgan fingerprint density at radius 1 is 1.20 bits per heavy atom. The van der Waals surface area contributed by atoms with Crippen molar-refractivity contribution < 1.29 is 15.0 Å². The van der Waals surface area contributed by atoms with Gasteiger partial charge in [0.25, 0.3) is 0 Å². The summed E-state index contributed by atoms with van der Waals surface area (Å²) in [7, 11) is 0. The average Bonchev–Trinajstić information content (AvgIpc) is 2.47. The summed E-state index contributed by atoms with van der Waals surface area (Å²) in [4.78, 5) is 10.9. The number of aliphatic hydroxyl groups is 1. The lowest BCUT2D eigenvalue weighted by Crippen LogP contribution is -2.14. The summed E-state index contributed by atoms with van der Waals surface area (Å²) in [5.74, 6) is -1.30. The summed E-state index contributed by atoms with van der Waals surface area (Å²) in [6.07, 6.45) is -0.930. The lowest BCUT2D eigenvalue weighted by Gasteiger charge is -2.16. The van der Waals surface area contributed by atoms with Crippen LogP contribution in [0.3, 0.4) is 0 Å². The van der Waals surface area contributed by atoms with E-state index in [4.69, 9.17) is 10.8 Å². The molecule has 4 heteroatoms. The quantitative estimate of drug-likeness (QED) is 0.746. The van der Waals surface area contributed by atoms with Gasteiger partial charge in [-0.15, -0.1) is 0 Å². The molecule has 0 radical (unpaired) electrons. The molecule has 0 aromatic heterocycles. The number of anilines is 1. The molecule has 1 unspecified atom stereocenters. The van der Waals surface area contributed by atoms with Gasteiger partial charge in [-0.1, -0.05) is 49.4 Å². The zero-order valence-electron chi connectivity index (χ0n) is 11.2. The molecule has 0 aliphatic carbocycles. The van der Waals surface area contributed by atoms with Crippen LogP contribution in [-0.4, -0.2) is 16.2 Å². The number of nitrogen functional groups attached to an aromatic ring is 1. The molecule has 0 saturated heterocycles. The summed E-state index contributed by atoms with van der Waals surface area (Å²) in [6, 6.07) is 13.1. The average molecular weight is 271 g/mol. The maximum atomic E-state index is 10.9. The Morgan fingerprint density at radius 3 is 2.40 bits per heavy atom. The molecule has 0 spiro atoms. The molecular formula is C16H17NO3. The largest absolute Gasteiger partial charge is 0.479 e. The minimum absolute atomic E-state index is 0.244. The topological polar surface area (TPSA) is 83.5 Å². The Labute approximate surface area is 117 Å². The number of aliphatic hydroxyl groups excluding tert-OH is 1. The lowest BCUT2D eigenvalue weighted by atomic mass is 9.92. The van der Waals surface area contributed by atoms with E-state index in [1.54, 1.807) is 6.07 Å². The van der Waals surface area contributed by atoms with Crippen molar-refractivity contribution in [2.24, 2.45) is 0 Å². The summed E-state index contributed by atoms with van der Waals surface area (Å²) < 4.78 is 0. The molecule has 0 heterocycles. The van der Waals surface area contributed by atoms with Crippen molar-refractivity contribution in [2.45, 2.75) is 19.4 Å². The number of carboxylic acid groups (broad SMARTS) is 1. The predicted octanol–water partition coefficient (Wildman–Crippen LogP) is 2.62. The molecule has 4 N–H and O–H groups in total. The lowest BCUT2D eigenvalue weighted by molar-refractivity contribution is -0.146. The Hall–Kier alpha value is -2.33. The smallest absolute Gasteiger partial charge is 0.337 e. The molecule has 0 fully saturated rings. The van der Waals surface area contributed by atoms with Crippen molar-refractivity contribution >= 4 is 11.7 Å². The molecule has 2 aromatic carbocycles. The molecule has 0 bridgehead atoms. The number of benzene rings is 2. The van der Waals surface area contributed by atoms with Crippen LogP contribution in [-0.2, 0) is 11.2 Å². The van der Waals surface area contributed by atoms with Crippen LogP contribution in [0, 0.1) is 0 Å². The molecule has 4 nitrogen and oxygen atoms in total. The van der Waals surface area contributed by atoms with Crippen LogP contribution >= 0.6 is 0 Å². The monoisotopic (exact) mass is 271 g/mol. The van der Waals surface area contributed by atoms with E-state index in [9.17, 15) is 9.90 Å². The van der Waals surface area contributed by atoms with Crippen LogP contribution in [0.15, 0.2) is 42.5 Å². The van der Waals surface area contributed by atoms with E-state index in [-0.39, 0.29) is 5.56 Å². The van der Waals surface area contributed by atoms with Gasteiger partial charge in [-0.3, -0.25) is 0 Å². The first-order valence-electron chi connectivity index (χ1n) is 6.43. The van der Waals surface area contributed by atoms with Gasteiger partial charge in [0.2, 0.25) is 0 Å². The van der Waals surface area contributed by atoms with Gasteiger partial charge < -0.3 is 15.9 Å². The highest BCUT2D eigenvalue weighted by Crippen LogP contribution is 2.33. The van der Waals surface area contributed by atoms with Crippen molar-refractivity contribution in [1.82, 2.24) is 0 Å². The third kappa shape index (κ3) is 2.51. The van der Waals surface area contributed by atoms with Gasteiger partial charge in [0, 0.05) is 11.3 Å². The molecule has 20 heavy (non-hydrogen) atoms. The van der Waals surface area contributed by atoms with Crippen LogP contribution in [0.4, 0.5) is 5.69 Å². The van der Waals surface area contributed by atoms with Crippen molar-refractivity contribution in [3.05, 3.63) is 53.6 Å². The summed E-state index contributed by atoms with van der Waals surface area (Å²) in [5, 5.41) is 18.6. The molecule has 0 saturated carbocycles. The molecule has 104 valence electrons. The number of nitrogens with two attached hydrogens (primary N) is 1. The fourth-order valence-corrected chi connectivity index (χ4v) is 2.32. The molecule has 2 rings (SSSR count). The summed E-state index contributed by atoms with van der Waals surface area (Å²) in [5.41, 5.74) is 9.48. The second kappa shape index (κ2) is 5.75. The van der Waals surface area contributed by atoms with Crippen molar-refractivity contribution in [3.63, 3.8) is 0 Å². The molecular weight excluding hydrogens is 254 g/mol. The van der Waals surface area contributed by atoms with E-state index in [0.29, 0.717) is 12.1 Å². The van der Waals surface area contributed by atoms with Crippen LogP contribution < -0.4 is 5.73 Å². The Morgan fingerprint density at radius 2 is 1.85 bits per heavy atom. The normalized spacial score (nSPS) is 12.1. The maximum absolute atomic E-state index is 10.9. The summed E-state index contributed by atoms with van der Waals surface area (Å²) in [6.45, 7) is 1.95. The number of hydrogen-bond acceptors (Lipinski definition) is 3. The minimum atomic E-state index is -1.59. The fraction of sp³-hybridized carbons (Fsp3) is 0.188. The molecule has 0 amide bonds. The zero-order chi connectivity index (χ0) is 14.7. The SMILES string of the molecule is CCc1c(-c2ccccc2)ccc(C(O)C(=O)O)c1N. The number of aliphatic carboxylic acids is 1. The highest BCUT2D eigenvalue weighted by atomic mass is 16.4. The van der Waals surface area contributed by atoms with Gasteiger partial charge in [0.1, 0.15) is 0 Å². The van der Waals surface area contributed by atoms with Crippen molar-refractivity contribution in [2.75, 3.05) is 5.73 Å². The summed E-state index contributed by atoms with van der Waals surface area (Å²) >= 11 is 0. The zero-order valence-corrected chi connectivity index (χ0v) is 11.2. The van der Waals surface area contributed by atoms with E-state index in [1.807, 2.05) is 43.3 Å². The van der Waals surface area contributed by atoms with Gasteiger partial charge in [-0.25, -0.2) is 4.79 Å². The second-order valence-electron chi connectivity index (χ2n) is 4.55. The van der Waals surface area contributed by atoms with Gasteiger partial charge in [0.05, 0.1) is 0 Å². The van der Waals surface area contributed by atoms with Crippen molar-refractivity contribution in [3.8, 4) is 11.1 Å². The second-order valence-corrected chi connectivity index (χ2v) is 4.55. The Balaban J connectivity index is 2.58. The first kappa shape index (κ1) is 14.1. The van der Waals surface area contributed by atoms with E-state index >= 15 is 0 Å². The standard InChI is InChI=1S/C16H17NO3/c1-2-11-12(10-6-4-3-5-7-10)8-9-13(14(11)17)15(18)16(19)20/h3-9,15,18H,2,17H2,1H3,(H,19,20). The highest BCUT2D eigenvalue weighted by molar-refractivity contribution is 5.81. The van der Waals surface area contributed by atoms with E-state index in [1.165, 1.54) is 0 Å². The highest BCUT2D eigenvalue weighted by Gasteiger charge is 2.21. The van der Waals surface area contributed by atoms with Gasteiger partial charge >= 0.3 is 5.97 Å². The van der Waals surface area contributed by atoms with Crippen LogP contribution in [0.5, 0.6) is 0 Å². The van der Waals surface area contributed by atoms with Crippen LogP contribution in [0.25, 0.3) is 11.1 Å². The van der Waals surface area contributed by atoms with Crippen LogP contribution in [0.2, 0.25) is 0 Å². The van der Waals surface area contributed by atoms with Crippen LogP contribution in [0.1, 0.15) is 24.2 Å². The first-order valence-corrected chi connectivity index (χ1v) is 6.43. The predicted molar refractivity (Wildman–Crippen MR) is 78.3 cm³/mol. The third-order valence-corrected chi connectivity index (χ3v) is 3.36. The number of rotatable bonds is 4. The number of hydrogen-bond donors (Lipinski definition) is 3. The van der Waals surface area contributed by atoms with E-state index < -0.39 is 12.1 Å². The Kier molecular flexibility index (Phi) is 4.05. The van der Waals surface area contributed by atoms with E-state index in [2.05, 4.69) is 0 Å². The number of carbonyl (C=O) groups is 1. The number of carboxylic acids is 1. The van der Waals surface area contributed by atoms with E-state index in [0.717, 1.165) is 16.7 Å². The van der Waals surface area contributed by atoms with Gasteiger partial charge in [0.15, 0.2) is 6.10 Å². The maximum Gasteiger partial charge on any atom is 0.337 e. The third-order valence-electron chi connectivity index (χ3n) is 3.36. The van der Waals surface area contributed by atoms with Gasteiger partial charge in [-0.05, 0) is 23.1 Å². The fourth-order valence-electron chi connectivity index (χ4n) is 2.32. The molecule has 0 aliphatic rings. The Bertz CT molecular complexity index is 623. The molecule has 2 aromatic rings. The van der Waals surface area contributed by atoms with Crippen molar-refractivity contribution in [1.29, 1.82) is 0 Å². The first-order chi connectivity index (χ1) is 9.56. The van der Waals surface area contributed by atoms with Gasteiger partial charge in [-0.2, -0.15) is 0 Å².